The number of fused-ring (bicyclic) bond motifs is 3. The molecule has 0 saturated carbocycles. The van der Waals surface area contributed by atoms with Gasteiger partial charge in [0.2, 0.25) is 0 Å². The topological polar surface area (TPSA) is 75.6 Å². The molecule has 0 spiro atoms. The van der Waals surface area contributed by atoms with Gasteiger partial charge < -0.3 is 15.2 Å². The summed E-state index contributed by atoms with van der Waals surface area (Å²) < 4.78 is 19.1. The van der Waals surface area contributed by atoms with Gasteiger partial charge in [-0.2, -0.15) is 0 Å². The van der Waals surface area contributed by atoms with Gasteiger partial charge in [-0.1, -0.05) is 48.5 Å². The Morgan fingerprint density at radius 1 is 1.11 bits per heavy atom. The predicted molar refractivity (Wildman–Crippen MR) is 99.4 cm³/mol. The fraction of sp³-hybridized carbons (Fsp3) is 0.333. The molecule has 142 valence electrons. The number of aliphatic carboxylic acids is 1. The number of carbonyl (C=O) groups is 2. The Kier molecular flexibility index (Phi) is 5.17. The van der Waals surface area contributed by atoms with Crippen LogP contribution < -0.4 is 5.32 Å². The third-order valence-corrected chi connectivity index (χ3v) is 4.62. The number of alkyl halides is 1. The molecule has 27 heavy (non-hydrogen) atoms. The summed E-state index contributed by atoms with van der Waals surface area (Å²) in [6.07, 6.45) is -1.21. The molecular weight excluding hydrogens is 349 g/mol. The molecule has 0 aromatic heterocycles. The van der Waals surface area contributed by atoms with Crippen LogP contribution in [0.5, 0.6) is 0 Å². The van der Waals surface area contributed by atoms with Crippen LogP contribution in [0, 0.1) is 0 Å². The number of ether oxygens (including phenoxy) is 1. The van der Waals surface area contributed by atoms with Gasteiger partial charge >= 0.3 is 12.1 Å². The van der Waals surface area contributed by atoms with Crippen LogP contribution in [0.3, 0.4) is 0 Å². The van der Waals surface area contributed by atoms with E-state index >= 15 is 0 Å². The number of nitrogens with one attached hydrogen (secondary N) is 1. The second-order valence-electron chi connectivity index (χ2n) is 7.28. The smallest absolute Gasteiger partial charge is 0.407 e. The summed E-state index contributed by atoms with van der Waals surface area (Å²) in [6, 6.07) is 14.5. The van der Waals surface area contributed by atoms with Crippen LogP contribution in [-0.4, -0.2) is 35.5 Å². The van der Waals surface area contributed by atoms with E-state index in [0.717, 1.165) is 22.3 Å². The first-order valence-electron chi connectivity index (χ1n) is 8.79. The summed E-state index contributed by atoms with van der Waals surface area (Å²) in [5.74, 6) is -1.42. The Bertz CT molecular complexity index is 814. The van der Waals surface area contributed by atoms with Gasteiger partial charge in [0.05, 0.1) is 0 Å². The highest BCUT2D eigenvalue weighted by molar-refractivity contribution is 5.81. The molecule has 1 amide bonds. The lowest BCUT2D eigenvalue weighted by atomic mass is 9.98. The van der Waals surface area contributed by atoms with Gasteiger partial charge in [0.15, 0.2) is 0 Å². The summed E-state index contributed by atoms with van der Waals surface area (Å²) in [6.45, 7) is 2.61. The predicted octanol–water partition coefficient (Wildman–Crippen LogP) is 4.12. The zero-order valence-electron chi connectivity index (χ0n) is 15.2. The van der Waals surface area contributed by atoms with E-state index in [4.69, 9.17) is 4.74 Å². The Morgan fingerprint density at radius 3 is 2.11 bits per heavy atom. The minimum absolute atomic E-state index is 0.0746. The van der Waals surface area contributed by atoms with E-state index in [2.05, 4.69) is 5.32 Å². The molecule has 0 saturated heterocycles. The molecule has 3 rings (SSSR count). The second kappa shape index (κ2) is 7.39. The first-order valence-corrected chi connectivity index (χ1v) is 8.79. The van der Waals surface area contributed by atoms with E-state index < -0.39 is 23.8 Å². The molecule has 0 heterocycles. The van der Waals surface area contributed by atoms with Crippen molar-refractivity contribution < 1.29 is 23.8 Å². The van der Waals surface area contributed by atoms with Crippen LogP contribution >= 0.6 is 0 Å². The van der Waals surface area contributed by atoms with Crippen LogP contribution in [0.2, 0.25) is 0 Å². The SMILES string of the molecule is CC(C)(F)CC(NC(=O)OCC1c2ccccc2-c2ccccc21)C(=O)O. The number of alkyl carbamates (subject to hydrolysis) is 1. The third kappa shape index (κ3) is 4.27. The van der Waals surface area contributed by atoms with Crippen LogP contribution in [0.25, 0.3) is 11.1 Å². The molecule has 1 aliphatic rings. The van der Waals surface area contributed by atoms with Crippen LogP contribution in [0.15, 0.2) is 48.5 Å². The molecule has 2 aromatic rings. The molecule has 2 N–H and O–H groups in total. The fourth-order valence-corrected chi connectivity index (χ4v) is 3.47. The average molecular weight is 371 g/mol. The quantitative estimate of drug-likeness (QED) is 0.801. The fourth-order valence-electron chi connectivity index (χ4n) is 3.47. The zero-order valence-corrected chi connectivity index (χ0v) is 15.2. The number of benzene rings is 2. The highest BCUT2D eigenvalue weighted by Crippen LogP contribution is 2.44. The van der Waals surface area contributed by atoms with E-state index in [9.17, 15) is 19.1 Å². The Labute approximate surface area is 157 Å². The number of halogens is 1. The highest BCUT2D eigenvalue weighted by atomic mass is 19.1. The van der Waals surface area contributed by atoms with Crippen molar-refractivity contribution in [2.24, 2.45) is 0 Å². The standard InChI is InChI=1S/C21H22FNO4/c1-21(2,22)11-18(19(24)25)23-20(26)27-12-17-15-9-5-3-7-13(15)14-8-4-6-10-16(14)17/h3-10,17-18H,11-12H2,1-2H3,(H,23,26)(H,24,25). The number of amides is 1. The van der Waals surface area contributed by atoms with Crippen LogP contribution in [0.4, 0.5) is 9.18 Å². The lowest BCUT2D eigenvalue weighted by Gasteiger charge is -2.21. The van der Waals surface area contributed by atoms with E-state index in [-0.39, 0.29) is 18.9 Å². The van der Waals surface area contributed by atoms with Crippen molar-refractivity contribution in [1.82, 2.24) is 5.32 Å². The van der Waals surface area contributed by atoms with Crippen LogP contribution in [-0.2, 0) is 9.53 Å². The summed E-state index contributed by atoms with van der Waals surface area (Å²) in [5, 5.41) is 11.4. The lowest BCUT2D eigenvalue weighted by molar-refractivity contribution is -0.140. The third-order valence-electron chi connectivity index (χ3n) is 4.62. The molecule has 1 unspecified atom stereocenters. The van der Waals surface area contributed by atoms with Gasteiger partial charge in [0.1, 0.15) is 18.3 Å². The van der Waals surface area contributed by atoms with Crippen LogP contribution in [0.1, 0.15) is 37.3 Å². The summed E-state index contributed by atoms with van der Waals surface area (Å²) in [5.41, 5.74) is 2.60. The number of hydrogen-bond donors (Lipinski definition) is 2. The van der Waals surface area contributed by atoms with Crippen molar-refractivity contribution in [2.45, 2.75) is 37.9 Å². The van der Waals surface area contributed by atoms with Gasteiger partial charge in [-0.25, -0.2) is 14.0 Å². The van der Waals surface area contributed by atoms with Crippen molar-refractivity contribution in [3.63, 3.8) is 0 Å². The van der Waals surface area contributed by atoms with Crippen molar-refractivity contribution >= 4 is 12.1 Å². The van der Waals surface area contributed by atoms with E-state index in [1.165, 1.54) is 13.8 Å². The Morgan fingerprint density at radius 2 is 1.63 bits per heavy atom. The molecule has 1 atom stereocenters. The first-order chi connectivity index (χ1) is 12.8. The van der Waals surface area contributed by atoms with E-state index in [1.807, 2.05) is 48.5 Å². The maximum atomic E-state index is 13.8. The number of carbonyl (C=O) groups excluding carboxylic acids is 1. The van der Waals surface area contributed by atoms with E-state index in [1.54, 1.807) is 0 Å². The second-order valence-corrected chi connectivity index (χ2v) is 7.28. The summed E-state index contributed by atoms with van der Waals surface area (Å²) in [7, 11) is 0. The van der Waals surface area contributed by atoms with Gasteiger partial charge in [0.25, 0.3) is 0 Å². The molecule has 0 aliphatic heterocycles. The Hall–Kier alpha value is -2.89. The van der Waals surface area contributed by atoms with Gasteiger partial charge in [-0.05, 0) is 36.1 Å². The zero-order chi connectivity index (χ0) is 19.6. The molecular formula is C21H22FNO4. The molecule has 5 nitrogen and oxygen atoms in total. The number of carboxylic acid groups (broad SMARTS) is 1. The van der Waals surface area contributed by atoms with E-state index in [0.29, 0.717) is 0 Å². The number of rotatable bonds is 6. The molecule has 1 aliphatic carbocycles. The monoisotopic (exact) mass is 371 g/mol. The number of hydrogen-bond acceptors (Lipinski definition) is 3. The molecule has 0 fully saturated rings. The minimum Gasteiger partial charge on any atom is -0.480 e. The maximum absolute atomic E-state index is 13.8. The Balaban J connectivity index is 1.69. The molecule has 0 radical (unpaired) electrons. The molecule has 0 bridgehead atoms. The molecule has 2 aromatic carbocycles. The number of carboxylic acids is 1. The molecule has 6 heteroatoms. The maximum Gasteiger partial charge on any atom is 0.407 e. The minimum atomic E-state index is -1.72. The average Bonchev–Trinajstić information content (AvgIpc) is 2.92. The highest BCUT2D eigenvalue weighted by Gasteiger charge is 2.31. The van der Waals surface area contributed by atoms with Crippen molar-refractivity contribution in [3.8, 4) is 11.1 Å². The van der Waals surface area contributed by atoms with Gasteiger partial charge in [-0.15, -0.1) is 0 Å². The summed E-state index contributed by atoms with van der Waals surface area (Å²) in [4.78, 5) is 23.4. The normalized spacial score (nSPS) is 14.2. The lowest BCUT2D eigenvalue weighted by Crippen LogP contribution is -2.44. The summed E-state index contributed by atoms with van der Waals surface area (Å²) >= 11 is 0. The van der Waals surface area contributed by atoms with Crippen molar-refractivity contribution in [2.75, 3.05) is 6.61 Å². The van der Waals surface area contributed by atoms with Gasteiger partial charge in [0, 0.05) is 12.3 Å². The first kappa shape index (κ1) is 18.9. The van der Waals surface area contributed by atoms with Gasteiger partial charge in [-0.3, -0.25) is 0 Å². The largest absolute Gasteiger partial charge is 0.480 e. The van der Waals surface area contributed by atoms with Crippen molar-refractivity contribution in [1.29, 1.82) is 0 Å². The van der Waals surface area contributed by atoms with Crippen molar-refractivity contribution in [3.05, 3.63) is 59.7 Å².